The molecule has 0 aromatic carbocycles. The van der Waals surface area contributed by atoms with Crippen LogP contribution in [-0.4, -0.2) is 56.9 Å². The maximum atomic E-state index is 11.1. The van der Waals surface area contributed by atoms with Crippen LogP contribution in [0.3, 0.4) is 0 Å². The van der Waals surface area contributed by atoms with Crippen LogP contribution >= 0.6 is 0 Å². The number of rotatable bonds is 4. The summed E-state index contributed by atoms with van der Waals surface area (Å²) in [5.41, 5.74) is 5.65. The van der Waals surface area contributed by atoms with E-state index in [9.17, 15) is 4.79 Å². The van der Waals surface area contributed by atoms with Gasteiger partial charge in [0.25, 0.3) is 0 Å². The topological polar surface area (TPSA) is 64.8 Å². The summed E-state index contributed by atoms with van der Waals surface area (Å²) in [7, 11) is 1.36. The van der Waals surface area contributed by atoms with Crippen LogP contribution in [0.4, 0.5) is 0 Å². The molecule has 5 nitrogen and oxygen atoms in total. The van der Waals surface area contributed by atoms with Gasteiger partial charge in [0.2, 0.25) is 0 Å². The minimum absolute atomic E-state index is 0.332. The minimum Gasteiger partial charge on any atom is -0.468 e. The average Bonchev–Trinajstić information content (AvgIpc) is 2.53. The number of hydrogen-bond donors (Lipinski definition) is 1. The molecule has 5 heteroatoms. The Kier molecular flexibility index (Phi) is 5.60. The van der Waals surface area contributed by atoms with Crippen LogP contribution < -0.4 is 5.73 Å². The molecule has 1 unspecified atom stereocenters. The van der Waals surface area contributed by atoms with Gasteiger partial charge >= 0.3 is 5.97 Å². The van der Waals surface area contributed by atoms with E-state index in [1.165, 1.54) is 7.11 Å². The Hall–Kier alpha value is -0.650. The molecular formula is C10H20N2O3. The van der Waals surface area contributed by atoms with Crippen molar-refractivity contribution < 1.29 is 14.3 Å². The smallest absolute Gasteiger partial charge is 0.322 e. The highest BCUT2D eigenvalue weighted by molar-refractivity contribution is 5.75. The van der Waals surface area contributed by atoms with Crippen molar-refractivity contribution in [3.05, 3.63) is 0 Å². The molecule has 0 aromatic rings. The zero-order valence-electron chi connectivity index (χ0n) is 9.28. The van der Waals surface area contributed by atoms with Gasteiger partial charge in [-0.3, -0.25) is 4.79 Å². The Morgan fingerprint density at radius 1 is 1.53 bits per heavy atom. The third-order valence-corrected chi connectivity index (χ3v) is 2.58. The number of nitrogens with two attached hydrogens (primary N) is 1. The summed E-state index contributed by atoms with van der Waals surface area (Å²) in [4.78, 5) is 13.3. The van der Waals surface area contributed by atoms with Crippen molar-refractivity contribution in [1.82, 2.24) is 4.90 Å². The van der Waals surface area contributed by atoms with Crippen LogP contribution in [-0.2, 0) is 14.3 Å². The normalized spacial score (nSPS) is 20.7. The first-order valence-electron chi connectivity index (χ1n) is 5.37. The maximum absolute atomic E-state index is 11.1. The zero-order valence-corrected chi connectivity index (χ0v) is 9.28. The summed E-state index contributed by atoms with van der Waals surface area (Å²) in [6.45, 7) is 4.38. The summed E-state index contributed by atoms with van der Waals surface area (Å²) in [5, 5.41) is 0. The predicted octanol–water partition coefficient (Wildman–Crippen LogP) is -0.401. The monoisotopic (exact) mass is 216 g/mol. The van der Waals surface area contributed by atoms with Gasteiger partial charge in [-0.05, 0) is 12.8 Å². The van der Waals surface area contributed by atoms with E-state index in [4.69, 9.17) is 10.5 Å². The van der Waals surface area contributed by atoms with Gasteiger partial charge in [-0.2, -0.15) is 0 Å². The molecule has 1 rings (SSSR count). The SMILES string of the molecule is COC(=O)C(N)CCN1CCCOCC1. The molecule has 1 aliphatic rings. The molecule has 0 saturated carbocycles. The lowest BCUT2D eigenvalue weighted by molar-refractivity contribution is -0.142. The van der Waals surface area contributed by atoms with E-state index in [-0.39, 0.29) is 5.97 Å². The lowest BCUT2D eigenvalue weighted by atomic mass is 10.2. The number of hydrogen-bond acceptors (Lipinski definition) is 5. The second kappa shape index (κ2) is 6.76. The summed E-state index contributed by atoms with van der Waals surface area (Å²) < 4.78 is 9.91. The van der Waals surface area contributed by atoms with Crippen LogP contribution in [0, 0.1) is 0 Å². The highest BCUT2D eigenvalue weighted by Gasteiger charge is 2.16. The van der Waals surface area contributed by atoms with E-state index in [2.05, 4.69) is 9.64 Å². The summed E-state index contributed by atoms with van der Waals surface area (Å²) in [6, 6.07) is -0.501. The molecule has 0 aliphatic carbocycles. The zero-order chi connectivity index (χ0) is 11.1. The van der Waals surface area contributed by atoms with Gasteiger partial charge in [-0.25, -0.2) is 0 Å². The van der Waals surface area contributed by atoms with Gasteiger partial charge in [-0.15, -0.1) is 0 Å². The highest BCUT2D eigenvalue weighted by Crippen LogP contribution is 2.01. The van der Waals surface area contributed by atoms with Crippen molar-refractivity contribution in [2.24, 2.45) is 5.73 Å². The molecule has 15 heavy (non-hydrogen) atoms. The van der Waals surface area contributed by atoms with Crippen molar-refractivity contribution in [3.8, 4) is 0 Å². The first-order valence-corrected chi connectivity index (χ1v) is 5.37. The van der Waals surface area contributed by atoms with Crippen LogP contribution in [0.25, 0.3) is 0 Å². The van der Waals surface area contributed by atoms with Gasteiger partial charge < -0.3 is 20.1 Å². The summed E-state index contributed by atoms with van der Waals surface area (Å²) >= 11 is 0. The van der Waals surface area contributed by atoms with E-state index < -0.39 is 6.04 Å². The van der Waals surface area contributed by atoms with Gasteiger partial charge in [0, 0.05) is 26.2 Å². The number of nitrogens with zero attached hydrogens (tertiary/aromatic N) is 1. The number of esters is 1. The molecule has 88 valence electrons. The molecule has 1 heterocycles. The molecule has 1 fully saturated rings. The molecule has 1 saturated heterocycles. The fourth-order valence-electron chi connectivity index (χ4n) is 1.61. The molecule has 1 aliphatic heterocycles. The standard InChI is InChI=1S/C10H20N2O3/c1-14-10(13)9(11)3-5-12-4-2-7-15-8-6-12/h9H,2-8,11H2,1H3. The lowest BCUT2D eigenvalue weighted by Crippen LogP contribution is -2.37. The van der Waals surface area contributed by atoms with Crippen molar-refractivity contribution in [1.29, 1.82) is 0 Å². The van der Waals surface area contributed by atoms with Crippen LogP contribution in [0.5, 0.6) is 0 Å². The van der Waals surface area contributed by atoms with Crippen LogP contribution in [0.15, 0.2) is 0 Å². The quantitative estimate of drug-likeness (QED) is 0.648. The molecule has 0 aromatic heterocycles. The van der Waals surface area contributed by atoms with Gasteiger partial charge in [0.05, 0.1) is 13.7 Å². The van der Waals surface area contributed by atoms with Crippen molar-refractivity contribution in [2.75, 3.05) is 40.0 Å². The largest absolute Gasteiger partial charge is 0.468 e. The molecule has 0 radical (unpaired) electrons. The second-order valence-electron chi connectivity index (χ2n) is 3.73. The summed E-state index contributed by atoms with van der Waals surface area (Å²) in [6.07, 6.45) is 1.69. The maximum Gasteiger partial charge on any atom is 0.322 e. The second-order valence-corrected chi connectivity index (χ2v) is 3.73. The molecule has 0 spiro atoms. The number of carbonyl (C=O) groups is 1. The van der Waals surface area contributed by atoms with E-state index in [0.29, 0.717) is 6.42 Å². The van der Waals surface area contributed by atoms with Gasteiger partial charge in [0.1, 0.15) is 6.04 Å². The Morgan fingerprint density at radius 2 is 2.33 bits per heavy atom. The van der Waals surface area contributed by atoms with E-state index in [0.717, 1.165) is 39.3 Å². The fourth-order valence-corrected chi connectivity index (χ4v) is 1.61. The Balaban J connectivity index is 2.19. The Morgan fingerprint density at radius 3 is 3.07 bits per heavy atom. The minimum atomic E-state index is -0.501. The number of ether oxygens (including phenoxy) is 2. The predicted molar refractivity (Wildman–Crippen MR) is 56.5 cm³/mol. The van der Waals surface area contributed by atoms with Gasteiger partial charge in [0.15, 0.2) is 0 Å². The molecular weight excluding hydrogens is 196 g/mol. The average molecular weight is 216 g/mol. The van der Waals surface area contributed by atoms with Crippen molar-refractivity contribution in [3.63, 3.8) is 0 Å². The third-order valence-electron chi connectivity index (χ3n) is 2.58. The Bertz CT molecular complexity index is 191. The first-order chi connectivity index (χ1) is 7.24. The first kappa shape index (κ1) is 12.4. The number of carbonyl (C=O) groups excluding carboxylic acids is 1. The molecule has 0 bridgehead atoms. The lowest BCUT2D eigenvalue weighted by Gasteiger charge is -2.20. The van der Waals surface area contributed by atoms with E-state index in [1.807, 2.05) is 0 Å². The molecule has 1 atom stereocenters. The highest BCUT2D eigenvalue weighted by atomic mass is 16.5. The van der Waals surface area contributed by atoms with Gasteiger partial charge in [-0.1, -0.05) is 0 Å². The van der Waals surface area contributed by atoms with Crippen LogP contribution in [0.1, 0.15) is 12.8 Å². The van der Waals surface area contributed by atoms with E-state index >= 15 is 0 Å². The van der Waals surface area contributed by atoms with Crippen LogP contribution in [0.2, 0.25) is 0 Å². The molecule has 2 N–H and O–H groups in total. The van der Waals surface area contributed by atoms with Crippen molar-refractivity contribution >= 4 is 5.97 Å². The third kappa shape index (κ3) is 4.59. The molecule has 0 amide bonds. The fraction of sp³-hybridized carbons (Fsp3) is 0.900. The van der Waals surface area contributed by atoms with Crippen molar-refractivity contribution in [2.45, 2.75) is 18.9 Å². The number of methoxy groups -OCH3 is 1. The summed E-state index contributed by atoms with van der Waals surface area (Å²) in [5.74, 6) is -0.332. The van der Waals surface area contributed by atoms with E-state index in [1.54, 1.807) is 0 Å². The Labute approximate surface area is 90.5 Å².